The normalized spacial score (nSPS) is 26.3. The summed E-state index contributed by atoms with van der Waals surface area (Å²) in [6, 6.07) is 11.2. The smallest absolute Gasteiger partial charge is 0.311 e. The molecule has 2 aliphatic heterocycles. The maximum Gasteiger partial charge on any atom is 0.311 e. The van der Waals surface area contributed by atoms with Gasteiger partial charge in [0.05, 0.1) is 17.5 Å². The van der Waals surface area contributed by atoms with Gasteiger partial charge in [0, 0.05) is 31.0 Å². The van der Waals surface area contributed by atoms with Crippen molar-refractivity contribution in [1.29, 1.82) is 0 Å². The maximum absolute atomic E-state index is 12.8. The molecule has 2 aliphatic rings. The van der Waals surface area contributed by atoms with Crippen LogP contribution in [0.15, 0.2) is 36.4 Å². The number of carboxylic acid groups (broad SMARTS) is 1. The largest absolute Gasteiger partial charge is 0.481 e. The second-order valence-electron chi connectivity index (χ2n) is 6.56. The molecule has 2 saturated heterocycles. The molecule has 6 nitrogen and oxygen atoms in total. The van der Waals surface area contributed by atoms with Gasteiger partial charge in [0.15, 0.2) is 0 Å². The van der Waals surface area contributed by atoms with Crippen LogP contribution in [0, 0.1) is 11.3 Å². The molecule has 0 aliphatic carbocycles. The number of ether oxygens (including phenoxy) is 1. The van der Waals surface area contributed by atoms with Crippen LogP contribution in [-0.2, 0) is 9.53 Å². The van der Waals surface area contributed by atoms with Gasteiger partial charge in [0.25, 0.3) is 5.91 Å². The lowest BCUT2D eigenvalue weighted by Crippen LogP contribution is -2.45. The van der Waals surface area contributed by atoms with Crippen LogP contribution >= 0.6 is 0 Å². The van der Waals surface area contributed by atoms with Crippen molar-refractivity contribution in [1.82, 2.24) is 9.88 Å². The zero-order valence-corrected chi connectivity index (χ0v) is 13.1. The first-order chi connectivity index (χ1) is 11.6. The lowest BCUT2D eigenvalue weighted by Gasteiger charge is -2.33. The number of fused-ring (bicyclic) bond motifs is 2. The number of hydrogen-bond acceptors (Lipinski definition) is 4. The highest BCUT2D eigenvalue weighted by molar-refractivity contribution is 5.95. The Labute approximate surface area is 139 Å². The summed E-state index contributed by atoms with van der Waals surface area (Å²) in [4.78, 5) is 30.7. The minimum Gasteiger partial charge on any atom is -0.481 e. The first-order valence-corrected chi connectivity index (χ1v) is 8.06. The van der Waals surface area contributed by atoms with Gasteiger partial charge < -0.3 is 14.7 Å². The molecule has 2 aromatic rings. The van der Waals surface area contributed by atoms with Gasteiger partial charge in [0.1, 0.15) is 5.69 Å². The number of carbonyl (C=O) groups excluding carboxylic acids is 1. The minimum absolute atomic E-state index is 0.159. The summed E-state index contributed by atoms with van der Waals surface area (Å²) in [6.07, 6.45) is 0.446. The number of carboxylic acids is 1. The number of pyridine rings is 1. The van der Waals surface area contributed by atoms with Gasteiger partial charge in [-0.1, -0.05) is 24.3 Å². The van der Waals surface area contributed by atoms with Gasteiger partial charge in [-0.3, -0.25) is 9.59 Å². The molecule has 2 fully saturated rings. The molecule has 124 valence electrons. The van der Waals surface area contributed by atoms with Crippen molar-refractivity contribution >= 4 is 22.8 Å². The van der Waals surface area contributed by atoms with Crippen LogP contribution in [0.3, 0.4) is 0 Å². The maximum atomic E-state index is 12.8. The van der Waals surface area contributed by atoms with E-state index in [-0.39, 0.29) is 18.4 Å². The van der Waals surface area contributed by atoms with E-state index >= 15 is 0 Å². The summed E-state index contributed by atoms with van der Waals surface area (Å²) in [6.45, 7) is 1.45. The molecule has 0 saturated carbocycles. The highest BCUT2D eigenvalue weighted by atomic mass is 16.5. The Balaban J connectivity index is 1.63. The van der Waals surface area contributed by atoms with Gasteiger partial charge in [-0.15, -0.1) is 0 Å². The van der Waals surface area contributed by atoms with Crippen molar-refractivity contribution in [3.63, 3.8) is 0 Å². The van der Waals surface area contributed by atoms with Gasteiger partial charge in [-0.05, 0) is 18.6 Å². The van der Waals surface area contributed by atoms with Crippen LogP contribution < -0.4 is 0 Å². The van der Waals surface area contributed by atoms with Gasteiger partial charge in [-0.2, -0.15) is 0 Å². The van der Waals surface area contributed by atoms with Crippen LogP contribution in [0.25, 0.3) is 10.9 Å². The van der Waals surface area contributed by atoms with Gasteiger partial charge >= 0.3 is 5.97 Å². The number of para-hydroxylation sites is 1. The number of hydrogen-bond donors (Lipinski definition) is 1. The van der Waals surface area contributed by atoms with E-state index in [0.29, 0.717) is 31.9 Å². The van der Waals surface area contributed by atoms with Crippen molar-refractivity contribution in [2.75, 3.05) is 26.3 Å². The second-order valence-corrected chi connectivity index (χ2v) is 6.56. The van der Waals surface area contributed by atoms with Crippen molar-refractivity contribution < 1.29 is 19.4 Å². The SMILES string of the molecule is O=C(c1ccc2ccccc2n1)N1C[C@H]2COCC[C@@]2(C(=O)O)C1. The van der Waals surface area contributed by atoms with Crippen LogP contribution in [0.4, 0.5) is 0 Å². The Morgan fingerprint density at radius 1 is 1.25 bits per heavy atom. The molecular formula is C18H18N2O4. The zero-order valence-electron chi connectivity index (χ0n) is 13.1. The molecule has 3 heterocycles. The molecule has 1 aromatic heterocycles. The summed E-state index contributed by atoms with van der Waals surface area (Å²) in [5, 5.41) is 10.7. The van der Waals surface area contributed by atoms with Gasteiger partial charge in [-0.25, -0.2) is 4.98 Å². The third-order valence-corrected chi connectivity index (χ3v) is 5.24. The molecule has 1 N–H and O–H groups in total. The lowest BCUT2D eigenvalue weighted by atomic mass is 9.74. The van der Waals surface area contributed by atoms with Crippen LogP contribution in [0.2, 0.25) is 0 Å². The Kier molecular flexibility index (Phi) is 3.49. The molecule has 1 amide bonds. The van der Waals surface area contributed by atoms with Crippen LogP contribution in [0.1, 0.15) is 16.9 Å². The number of carbonyl (C=O) groups is 2. The summed E-state index contributed by atoms with van der Waals surface area (Å²) in [7, 11) is 0. The van der Waals surface area contributed by atoms with Gasteiger partial charge in [0.2, 0.25) is 0 Å². The summed E-state index contributed by atoms with van der Waals surface area (Å²) >= 11 is 0. The van der Waals surface area contributed by atoms with Crippen molar-refractivity contribution in [3.8, 4) is 0 Å². The van der Waals surface area contributed by atoms with Crippen molar-refractivity contribution in [3.05, 3.63) is 42.1 Å². The topological polar surface area (TPSA) is 79.7 Å². The molecule has 1 aromatic carbocycles. The average molecular weight is 326 g/mol. The highest BCUT2D eigenvalue weighted by Crippen LogP contribution is 2.42. The Morgan fingerprint density at radius 2 is 2.08 bits per heavy atom. The first-order valence-electron chi connectivity index (χ1n) is 8.06. The second kappa shape index (κ2) is 5.56. The fourth-order valence-corrected chi connectivity index (χ4v) is 3.80. The highest BCUT2D eigenvalue weighted by Gasteiger charge is 2.55. The number of benzene rings is 1. The van der Waals surface area contributed by atoms with E-state index in [9.17, 15) is 14.7 Å². The Morgan fingerprint density at radius 3 is 2.88 bits per heavy atom. The van der Waals surface area contributed by atoms with E-state index in [1.807, 2.05) is 30.3 Å². The van der Waals surface area contributed by atoms with Crippen molar-refractivity contribution in [2.24, 2.45) is 11.3 Å². The number of amides is 1. The number of likely N-dealkylation sites (tertiary alicyclic amines) is 1. The fraction of sp³-hybridized carbons (Fsp3) is 0.389. The monoisotopic (exact) mass is 326 g/mol. The molecule has 2 atom stereocenters. The molecule has 24 heavy (non-hydrogen) atoms. The predicted octanol–water partition coefficient (Wildman–Crippen LogP) is 1.80. The third kappa shape index (κ3) is 2.26. The molecular weight excluding hydrogens is 308 g/mol. The number of aromatic nitrogens is 1. The van der Waals surface area contributed by atoms with E-state index < -0.39 is 11.4 Å². The van der Waals surface area contributed by atoms with E-state index in [0.717, 1.165) is 10.9 Å². The van der Waals surface area contributed by atoms with E-state index in [1.165, 1.54) is 0 Å². The van der Waals surface area contributed by atoms with E-state index in [1.54, 1.807) is 11.0 Å². The summed E-state index contributed by atoms with van der Waals surface area (Å²) in [5.74, 6) is -1.21. The molecule has 0 unspecified atom stereocenters. The fourth-order valence-electron chi connectivity index (χ4n) is 3.80. The molecule has 0 bridgehead atoms. The zero-order chi connectivity index (χ0) is 16.7. The first kappa shape index (κ1) is 15.1. The minimum atomic E-state index is -0.884. The molecule has 6 heteroatoms. The Hall–Kier alpha value is -2.47. The number of rotatable bonds is 2. The van der Waals surface area contributed by atoms with E-state index in [4.69, 9.17) is 4.74 Å². The summed E-state index contributed by atoms with van der Waals surface area (Å²) in [5.41, 5.74) is 0.232. The lowest BCUT2D eigenvalue weighted by molar-refractivity contribution is -0.157. The number of nitrogens with zero attached hydrogens (tertiary/aromatic N) is 2. The predicted molar refractivity (Wildman–Crippen MR) is 86.6 cm³/mol. The van der Waals surface area contributed by atoms with Crippen LogP contribution in [0.5, 0.6) is 0 Å². The molecule has 4 rings (SSSR count). The molecule has 0 radical (unpaired) electrons. The molecule has 0 spiro atoms. The number of aliphatic carboxylic acids is 1. The summed E-state index contributed by atoms with van der Waals surface area (Å²) < 4.78 is 5.43. The standard InChI is InChI=1S/C18H18N2O4/c21-16(15-6-5-12-3-1-2-4-14(12)19-15)20-9-13-10-24-8-7-18(13,11-20)17(22)23/h1-6,13H,7-11H2,(H,22,23)/t13-,18+/m0/s1. The average Bonchev–Trinajstić information content (AvgIpc) is 3.02. The quantitative estimate of drug-likeness (QED) is 0.910. The Bertz CT molecular complexity index is 822. The van der Waals surface area contributed by atoms with Crippen molar-refractivity contribution in [2.45, 2.75) is 6.42 Å². The van der Waals surface area contributed by atoms with Crippen LogP contribution in [-0.4, -0.2) is 53.2 Å². The third-order valence-electron chi connectivity index (χ3n) is 5.24. The van der Waals surface area contributed by atoms with E-state index in [2.05, 4.69) is 4.98 Å².